The van der Waals surface area contributed by atoms with Crippen molar-refractivity contribution < 1.29 is 9.53 Å². The molecule has 1 heterocycles. The van der Waals surface area contributed by atoms with E-state index in [2.05, 4.69) is 0 Å². The Morgan fingerprint density at radius 2 is 2.14 bits per heavy atom. The number of anilines is 1. The Hall–Kier alpha value is -1.51. The van der Waals surface area contributed by atoms with E-state index in [0.29, 0.717) is 17.9 Å². The van der Waals surface area contributed by atoms with Crippen LogP contribution in [0.25, 0.3) is 0 Å². The second kappa shape index (κ2) is 2.74. The fourth-order valence-corrected chi connectivity index (χ4v) is 1.78. The molecule has 2 rings (SSSR count). The number of nitrogen functional groups attached to an aromatic ring is 1. The van der Waals surface area contributed by atoms with Gasteiger partial charge in [0, 0.05) is 16.7 Å². The van der Waals surface area contributed by atoms with Crippen LogP contribution in [0.4, 0.5) is 5.69 Å². The number of benzene rings is 1. The van der Waals surface area contributed by atoms with Crippen LogP contribution >= 0.6 is 0 Å². The van der Waals surface area contributed by atoms with Gasteiger partial charge in [-0.1, -0.05) is 13.8 Å². The van der Waals surface area contributed by atoms with Gasteiger partial charge in [-0.25, -0.2) is 0 Å². The number of hydrogen-bond acceptors (Lipinski definition) is 3. The van der Waals surface area contributed by atoms with Gasteiger partial charge in [0.15, 0.2) is 0 Å². The molecule has 0 fully saturated rings. The summed E-state index contributed by atoms with van der Waals surface area (Å²) in [6.45, 7) is 4.04. The summed E-state index contributed by atoms with van der Waals surface area (Å²) in [6.07, 6.45) is 0.406. The van der Waals surface area contributed by atoms with Crippen LogP contribution in [0.3, 0.4) is 0 Å². The summed E-state index contributed by atoms with van der Waals surface area (Å²) >= 11 is 0. The van der Waals surface area contributed by atoms with E-state index >= 15 is 0 Å². The molecular weight excluding hydrogens is 178 g/mol. The highest BCUT2D eigenvalue weighted by molar-refractivity contribution is 5.78. The third kappa shape index (κ3) is 1.35. The predicted octanol–water partition coefficient (Wildman–Crippen LogP) is 1.86. The van der Waals surface area contributed by atoms with Gasteiger partial charge in [0.1, 0.15) is 5.75 Å². The van der Waals surface area contributed by atoms with Gasteiger partial charge >= 0.3 is 5.97 Å². The minimum atomic E-state index is -0.181. The van der Waals surface area contributed by atoms with Crippen molar-refractivity contribution in [2.75, 3.05) is 5.73 Å². The summed E-state index contributed by atoms with van der Waals surface area (Å²) in [4.78, 5) is 11.3. The zero-order valence-electron chi connectivity index (χ0n) is 8.33. The molecule has 0 saturated heterocycles. The first-order valence-corrected chi connectivity index (χ1v) is 4.60. The highest BCUT2D eigenvalue weighted by Gasteiger charge is 2.33. The van der Waals surface area contributed by atoms with Crippen LogP contribution in [0.15, 0.2) is 18.2 Å². The Bertz CT molecular complexity index is 396. The summed E-state index contributed by atoms with van der Waals surface area (Å²) in [7, 11) is 0. The molecule has 0 radical (unpaired) electrons. The molecule has 0 aliphatic carbocycles. The first-order valence-electron chi connectivity index (χ1n) is 4.60. The predicted molar refractivity (Wildman–Crippen MR) is 54.1 cm³/mol. The van der Waals surface area contributed by atoms with Crippen molar-refractivity contribution in [2.45, 2.75) is 25.7 Å². The number of carbonyl (C=O) groups excluding carboxylic acids is 1. The summed E-state index contributed by atoms with van der Waals surface area (Å²) in [5, 5.41) is 0. The molecule has 3 nitrogen and oxygen atoms in total. The summed E-state index contributed by atoms with van der Waals surface area (Å²) in [5.41, 5.74) is 7.23. The molecule has 1 aromatic carbocycles. The Morgan fingerprint density at radius 1 is 1.43 bits per heavy atom. The number of nitrogens with two attached hydrogens (primary N) is 1. The van der Waals surface area contributed by atoms with E-state index in [1.165, 1.54) is 0 Å². The van der Waals surface area contributed by atoms with Gasteiger partial charge in [-0.05, 0) is 18.2 Å². The van der Waals surface area contributed by atoms with Gasteiger partial charge in [-0.15, -0.1) is 0 Å². The molecule has 3 heteroatoms. The van der Waals surface area contributed by atoms with E-state index in [4.69, 9.17) is 10.5 Å². The lowest BCUT2D eigenvalue weighted by atomic mass is 9.79. The van der Waals surface area contributed by atoms with E-state index in [1.54, 1.807) is 12.1 Å². The van der Waals surface area contributed by atoms with Gasteiger partial charge in [0.05, 0.1) is 6.42 Å². The minimum Gasteiger partial charge on any atom is -0.426 e. The summed E-state index contributed by atoms with van der Waals surface area (Å²) in [6, 6.07) is 5.37. The van der Waals surface area contributed by atoms with Crippen LogP contribution in [0.5, 0.6) is 5.75 Å². The number of carbonyl (C=O) groups is 1. The minimum absolute atomic E-state index is 0.174. The zero-order valence-corrected chi connectivity index (χ0v) is 8.33. The number of fused-ring (bicyclic) bond motifs is 1. The van der Waals surface area contributed by atoms with Crippen molar-refractivity contribution in [3.63, 3.8) is 0 Å². The van der Waals surface area contributed by atoms with E-state index in [9.17, 15) is 4.79 Å². The van der Waals surface area contributed by atoms with Crippen molar-refractivity contribution in [1.82, 2.24) is 0 Å². The van der Waals surface area contributed by atoms with Crippen molar-refractivity contribution in [3.8, 4) is 5.75 Å². The molecule has 0 unspecified atom stereocenters. The average Bonchev–Trinajstić information content (AvgIpc) is 2.05. The monoisotopic (exact) mass is 191 g/mol. The lowest BCUT2D eigenvalue weighted by Crippen LogP contribution is -2.30. The first kappa shape index (κ1) is 9.06. The molecule has 0 aromatic heterocycles. The third-order valence-corrected chi connectivity index (χ3v) is 2.54. The van der Waals surface area contributed by atoms with Crippen LogP contribution in [0.1, 0.15) is 25.8 Å². The van der Waals surface area contributed by atoms with Gasteiger partial charge < -0.3 is 10.5 Å². The average molecular weight is 191 g/mol. The molecule has 74 valence electrons. The second-order valence-corrected chi connectivity index (χ2v) is 4.29. The van der Waals surface area contributed by atoms with Crippen molar-refractivity contribution in [2.24, 2.45) is 0 Å². The van der Waals surface area contributed by atoms with Crippen LogP contribution < -0.4 is 10.5 Å². The molecule has 2 N–H and O–H groups in total. The number of ether oxygens (including phenoxy) is 1. The highest BCUT2D eigenvalue weighted by atomic mass is 16.5. The normalized spacial score (nSPS) is 18.6. The van der Waals surface area contributed by atoms with Gasteiger partial charge in [0.2, 0.25) is 0 Å². The standard InChI is InChI=1S/C11H13NO2/c1-11(2)6-10(13)14-9-4-3-7(12)5-8(9)11/h3-5H,6,12H2,1-2H3. The Morgan fingerprint density at radius 3 is 2.86 bits per heavy atom. The Kier molecular flexibility index (Phi) is 1.77. The van der Waals surface area contributed by atoms with E-state index in [-0.39, 0.29) is 11.4 Å². The van der Waals surface area contributed by atoms with Gasteiger partial charge in [-0.2, -0.15) is 0 Å². The Labute approximate surface area is 82.9 Å². The molecule has 1 aromatic rings. The van der Waals surface area contributed by atoms with E-state index in [1.807, 2.05) is 19.9 Å². The fourth-order valence-electron chi connectivity index (χ4n) is 1.78. The van der Waals surface area contributed by atoms with Crippen molar-refractivity contribution >= 4 is 11.7 Å². The van der Waals surface area contributed by atoms with Crippen LogP contribution in [-0.4, -0.2) is 5.97 Å². The maximum absolute atomic E-state index is 11.3. The molecule has 0 amide bonds. The van der Waals surface area contributed by atoms with Crippen LogP contribution in [0.2, 0.25) is 0 Å². The summed E-state index contributed by atoms with van der Waals surface area (Å²) in [5.74, 6) is 0.465. The maximum Gasteiger partial charge on any atom is 0.312 e. The molecule has 0 spiro atoms. The smallest absolute Gasteiger partial charge is 0.312 e. The number of hydrogen-bond donors (Lipinski definition) is 1. The topological polar surface area (TPSA) is 52.3 Å². The molecule has 14 heavy (non-hydrogen) atoms. The van der Waals surface area contributed by atoms with Crippen molar-refractivity contribution in [1.29, 1.82) is 0 Å². The third-order valence-electron chi connectivity index (χ3n) is 2.54. The molecule has 1 aliphatic heterocycles. The fraction of sp³-hybridized carbons (Fsp3) is 0.364. The SMILES string of the molecule is CC1(C)CC(=O)Oc2ccc(N)cc21. The van der Waals surface area contributed by atoms with Gasteiger partial charge in [0.25, 0.3) is 0 Å². The Balaban J connectivity index is 2.58. The second-order valence-electron chi connectivity index (χ2n) is 4.29. The van der Waals surface area contributed by atoms with Crippen molar-refractivity contribution in [3.05, 3.63) is 23.8 Å². The zero-order chi connectivity index (χ0) is 10.3. The molecule has 0 bridgehead atoms. The molecular formula is C11H13NO2. The highest BCUT2D eigenvalue weighted by Crippen LogP contribution is 2.39. The molecule has 1 aliphatic rings. The number of rotatable bonds is 0. The maximum atomic E-state index is 11.3. The van der Waals surface area contributed by atoms with E-state index < -0.39 is 0 Å². The molecule has 0 atom stereocenters. The number of esters is 1. The van der Waals surface area contributed by atoms with E-state index in [0.717, 1.165) is 5.56 Å². The quantitative estimate of drug-likeness (QED) is 0.387. The summed E-state index contributed by atoms with van der Waals surface area (Å²) < 4.78 is 5.13. The van der Waals surface area contributed by atoms with Gasteiger partial charge in [-0.3, -0.25) is 4.79 Å². The first-order chi connectivity index (χ1) is 6.49. The molecule has 0 saturated carbocycles. The van der Waals surface area contributed by atoms with Crippen LogP contribution in [-0.2, 0) is 10.2 Å². The van der Waals surface area contributed by atoms with Crippen LogP contribution in [0, 0.1) is 0 Å². The lowest BCUT2D eigenvalue weighted by molar-refractivity contribution is -0.136. The lowest BCUT2D eigenvalue weighted by Gasteiger charge is -2.30. The largest absolute Gasteiger partial charge is 0.426 e.